The number of urea groups is 1. The second-order valence-electron chi connectivity index (χ2n) is 5.34. The molecule has 1 aromatic rings. The molecule has 1 aromatic carbocycles. The summed E-state index contributed by atoms with van der Waals surface area (Å²) < 4.78 is 16.5. The predicted octanol–water partition coefficient (Wildman–Crippen LogP) is 2.26. The Bertz CT molecular complexity index is 815. The van der Waals surface area contributed by atoms with E-state index in [-0.39, 0.29) is 25.4 Å². The molecule has 8 nitrogen and oxygen atoms in total. The fraction of sp³-hybridized carbons (Fsp3) is 0.312. The van der Waals surface area contributed by atoms with Gasteiger partial charge in [0.2, 0.25) is 6.79 Å². The highest BCUT2D eigenvalue weighted by molar-refractivity contribution is 9.10. The van der Waals surface area contributed by atoms with E-state index in [4.69, 9.17) is 19.5 Å². The number of nitrogens with zero attached hydrogens (tertiary/aromatic N) is 1. The average Bonchev–Trinajstić information content (AvgIpc) is 3.00. The van der Waals surface area contributed by atoms with Gasteiger partial charge in [0.25, 0.3) is 0 Å². The topological polar surface area (TPSA) is 110 Å². The first kappa shape index (κ1) is 17.1. The maximum Gasteiger partial charge on any atom is 0.338 e. The molecule has 3 rings (SSSR count). The van der Waals surface area contributed by atoms with Crippen LogP contribution in [0.25, 0.3) is 0 Å². The molecule has 0 aliphatic carbocycles. The minimum Gasteiger partial charge on any atom is -0.461 e. The molecule has 2 aliphatic rings. The normalized spacial score (nSPS) is 18.3. The van der Waals surface area contributed by atoms with Crippen molar-refractivity contribution in [3.63, 3.8) is 0 Å². The molecular formula is C16H14BrN3O5. The molecule has 2 N–H and O–H groups in total. The first-order valence-corrected chi connectivity index (χ1v) is 8.22. The van der Waals surface area contributed by atoms with Gasteiger partial charge in [0.15, 0.2) is 11.5 Å². The number of benzene rings is 1. The lowest BCUT2D eigenvalue weighted by atomic mass is 9.95. The maximum atomic E-state index is 12.5. The SMILES string of the molecule is CC1=C(C(=O)OCCC#N)[C@@H](c2cc3c(cc2Br)OCO3)NC(=O)N1. The summed E-state index contributed by atoms with van der Waals surface area (Å²) in [4.78, 5) is 24.4. The molecular weight excluding hydrogens is 394 g/mol. The third-order valence-corrected chi connectivity index (χ3v) is 4.43. The Morgan fingerprint density at radius 3 is 2.88 bits per heavy atom. The van der Waals surface area contributed by atoms with Crippen LogP contribution in [0.15, 0.2) is 27.9 Å². The Morgan fingerprint density at radius 1 is 1.44 bits per heavy atom. The Labute approximate surface area is 151 Å². The molecule has 2 amide bonds. The number of ether oxygens (including phenoxy) is 3. The molecule has 0 saturated carbocycles. The van der Waals surface area contributed by atoms with Gasteiger partial charge >= 0.3 is 12.0 Å². The summed E-state index contributed by atoms with van der Waals surface area (Å²) in [7, 11) is 0. The third-order valence-electron chi connectivity index (χ3n) is 3.74. The largest absolute Gasteiger partial charge is 0.461 e. The lowest BCUT2D eigenvalue weighted by Gasteiger charge is -2.28. The molecule has 130 valence electrons. The Balaban J connectivity index is 1.98. The van der Waals surface area contributed by atoms with Crippen LogP contribution < -0.4 is 20.1 Å². The molecule has 0 saturated heterocycles. The number of carbonyl (C=O) groups excluding carboxylic acids is 2. The fourth-order valence-electron chi connectivity index (χ4n) is 2.62. The van der Waals surface area contributed by atoms with Crippen molar-refractivity contribution < 1.29 is 23.8 Å². The molecule has 1 atom stereocenters. The van der Waals surface area contributed by atoms with Crippen LogP contribution in [-0.2, 0) is 9.53 Å². The van der Waals surface area contributed by atoms with Gasteiger partial charge < -0.3 is 24.8 Å². The first-order valence-electron chi connectivity index (χ1n) is 7.42. The van der Waals surface area contributed by atoms with Crippen LogP contribution in [0.2, 0.25) is 0 Å². The summed E-state index contributed by atoms with van der Waals surface area (Å²) in [5.41, 5.74) is 1.28. The van der Waals surface area contributed by atoms with E-state index in [9.17, 15) is 9.59 Å². The third kappa shape index (κ3) is 3.39. The van der Waals surface area contributed by atoms with Gasteiger partial charge in [-0.1, -0.05) is 15.9 Å². The molecule has 25 heavy (non-hydrogen) atoms. The number of hydrogen-bond acceptors (Lipinski definition) is 6. The van der Waals surface area contributed by atoms with E-state index in [1.165, 1.54) is 0 Å². The number of amides is 2. The van der Waals surface area contributed by atoms with Crippen molar-refractivity contribution in [3.05, 3.63) is 33.4 Å². The van der Waals surface area contributed by atoms with E-state index in [0.717, 1.165) is 0 Å². The number of hydrogen-bond donors (Lipinski definition) is 2. The van der Waals surface area contributed by atoms with Crippen molar-refractivity contribution in [2.45, 2.75) is 19.4 Å². The number of nitriles is 1. The van der Waals surface area contributed by atoms with Crippen molar-refractivity contribution in [3.8, 4) is 17.6 Å². The van der Waals surface area contributed by atoms with E-state index in [1.807, 2.05) is 6.07 Å². The van der Waals surface area contributed by atoms with Gasteiger partial charge in [-0.2, -0.15) is 5.26 Å². The molecule has 2 heterocycles. The van der Waals surface area contributed by atoms with Gasteiger partial charge in [0.05, 0.1) is 24.1 Å². The maximum absolute atomic E-state index is 12.5. The molecule has 0 bridgehead atoms. The highest BCUT2D eigenvalue weighted by Crippen LogP contribution is 2.41. The molecule has 0 unspecified atom stereocenters. The van der Waals surface area contributed by atoms with Gasteiger partial charge in [-0.3, -0.25) is 0 Å². The monoisotopic (exact) mass is 407 g/mol. The van der Waals surface area contributed by atoms with Crippen molar-refractivity contribution in [1.82, 2.24) is 10.6 Å². The summed E-state index contributed by atoms with van der Waals surface area (Å²) >= 11 is 3.44. The molecule has 9 heteroatoms. The van der Waals surface area contributed by atoms with Crippen molar-refractivity contribution in [2.75, 3.05) is 13.4 Å². The summed E-state index contributed by atoms with van der Waals surface area (Å²) in [6, 6.07) is 4.18. The average molecular weight is 408 g/mol. The number of allylic oxidation sites excluding steroid dienone is 1. The highest BCUT2D eigenvalue weighted by atomic mass is 79.9. The van der Waals surface area contributed by atoms with Crippen LogP contribution >= 0.6 is 15.9 Å². The fourth-order valence-corrected chi connectivity index (χ4v) is 3.17. The number of esters is 1. The van der Waals surface area contributed by atoms with Gasteiger partial charge in [0.1, 0.15) is 6.61 Å². The van der Waals surface area contributed by atoms with Crippen LogP contribution in [0.1, 0.15) is 24.9 Å². The van der Waals surface area contributed by atoms with Crippen LogP contribution in [0, 0.1) is 11.3 Å². The van der Waals surface area contributed by atoms with E-state index in [0.29, 0.717) is 27.2 Å². The zero-order valence-corrected chi connectivity index (χ0v) is 14.8. The lowest BCUT2D eigenvalue weighted by molar-refractivity contribution is -0.139. The molecule has 0 fully saturated rings. The summed E-state index contributed by atoms with van der Waals surface area (Å²) in [6.07, 6.45) is 0.0935. The molecule has 0 aromatic heterocycles. The Hall–Kier alpha value is -2.73. The highest BCUT2D eigenvalue weighted by Gasteiger charge is 2.34. The first-order chi connectivity index (χ1) is 12.0. The summed E-state index contributed by atoms with van der Waals surface area (Å²) in [5, 5.41) is 13.9. The van der Waals surface area contributed by atoms with E-state index in [2.05, 4.69) is 26.6 Å². The number of fused-ring (bicyclic) bond motifs is 1. The quantitative estimate of drug-likeness (QED) is 0.584. The van der Waals surface area contributed by atoms with Gasteiger partial charge in [-0.25, -0.2) is 9.59 Å². The van der Waals surface area contributed by atoms with Gasteiger partial charge in [0, 0.05) is 10.2 Å². The van der Waals surface area contributed by atoms with Crippen molar-refractivity contribution >= 4 is 27.9 Å². The van der Waals surface area contributed by atoms with E-state index in [1.54, 1.807) is 19.1 Å². The summed E-state index contributed by atoms with van der Waals surface area (Å²) in [6.45, 7) is 1.71. The minimum absolute atomic E-state index is 0.0188. The number of nitrogens with one attached hydrogen (secondary N) is 2. The van der Waals surface area contributed by atoms with Crippen LogP contribution in [0.3, 0.4) is 0 Å². The van der Waals surface area contributed by atoms with Crippen molar-refractivity contribution in [1.29, 1.82) is 5.26 Å². The standard InChI is InChI=1S/C16H14BrN3O5/c1-8-13(15(21)23-4-2-3-18)14(20-16(22)19-8)9-5-11-12(6-10(9)17)25-7-24-11/h5-6,14H,2,4,7H2,1H3,(H2,19,20,22)/t14-/m1/s1. The zero-order valence-electron chi connectivity index (χ0n) is 13.2. The number of carbonyl (C=O) groups is 2. The van der Waals surface area contributed by atoms with Crippen molar-refractivity contribution in [2.24, 2.45) is 0 Å². The predicted molar refractivity (Wildman–Crippen MR) is 88.6 cm³/mol. The number of rotatable bonds is 4. The Morgan fingerprint density at radius 2 is 2.16 bits per heavy atom. The molecule has 2 aliphatic heterocycles. The van der Waals surface area contributed by atoms with Crippen LogP contribution in [0.5, 0.6) is 11.5 Å². The van der Waals surface area contributed by atoms with Crippen LogP contribution in [-0.4, -0.2) is 25.4 Å². The lowest BCUT2D eigenvalue weighted by Crippen LogP contribution is -2.45. The second-order valence-corrected chi connectivity index (χ2v) is 6.20. The van der Waals surface area contributed by atoms with Gasteiger partial charge in [-0.05, 0) is 24.6 Å². The van der Waals surface area contributed by atoms with E-state index >= 15 is 0 Å². The minimum atomic E-state index is -0.729. The number of halogens is 1. The molecule has 0 radical (unpaired) electrons. The van der Waals surface area contributed by atoms with Gasteiger partial charge in [-0.15, -0.1) is 0 Å². The zero-order chi connectivity index (χ0) is 18.0. The van der Waals surface area contributed by atoms with E-state index < -0.39 is 18.0 Å². The Kier molecular flexibility index (Phi) is 4.81. The van der Waals surface area contributed by atoms with Crippen LogP contribution in [0.4, 0.5) is 4.79 Å². The smallest absolute Gasteiger partial charge is 0.338 e. The second kappa shape index (κ2) is 7.03. The summed E-state index contributed by atoms with van der Waals surface area (Å²) in [5.74, 6) is 0.505. The molecule has 0 spiro atoms.